The Hall–Kier alpha value is -3.23. The summed E-state index contributed by atoms with van der Waals surface area (Å²) in [7, 11) is 0. The number of benzene rings is 2. The van der Waals surface area contributed by atoms with Gasteiger partial charge in [-0.3, -0.25) is 4.98 Å². The average molecular weight is 552 g/mol. The predicted octanol–water partition coefficient (Wildman–Crippen LogP) is 7.21. The SMILES string of the molecule is CC(C)Oc1ccc(N2C(=S)N[C@H](c3ccccn3)[C@@H]2c2ccc(-c3ccc(Br)cc3F)o2)cc1. The molecule has 178 valence electrons. The predicted molar refractivity (Wildman–Crippen MR) is 142 cm³/mol. The highest BCUT2D eigenvalue weighted by Crippen LogP contribution is 2.43. The van der Waals surface area contributed by atoms with Gasteiger partial charge in [-0.25, -0.2) is 4.39 Å². The smallest absolute Gasteiger partial charge is 0.174 e. The van der Waals surface area contributed by atoms with Crippen molar-refractivity contribution >= 4 is 38.9 Å². The minimum Gasteiger partial charge on any atom is -0.491 e. The van der Waals surface area contributed by atoms with Gasteiger partial charge in [-0.2, -0.15) is 0 Å². The monoisotopic (exact) mass is 551 g/mol. The molecule has 5 nitrogen and oxygen atoms in total. The van der Waals surface area contributed by atoms with Crippen LogP contribution in [0.2, 0.25) is 0 Å². The zero-order valence-electron chi connectivity index (χ0n) is 19.1. The first-order chi connectivity index (χ1) is 16.9. The van der Waals surface area contributed by atoms with E-state index < -0.39 is 0 Å². The number of hydrogen-bond acceptors (Lipinski definition) is 4. The summed E-state index contributed by atoms with van der Waals surface area (Å²) in [4.78, 5) is 6.57. The highest BCUT2D eigenvalue weighted by Gasteiger charge is 2.42. The van der Waals surface area contributed by atoms with E-state index in [2.05, 4.69) is 26.2 Å². The van der Waals surface area contributed by atoms with Crippen molar-refractivity contribution in [3.05, 3.63) is 101 Å². The quantitative estimate of drug-likeness (QED) is 0.255. The van der Waals surface area contributed by atoms with E-state index in [1.54, 1.807) is 24.4 Å². The Labute approximate surface area is 217 Å². The molecule has 0 aliphatic carbocycles. The van der Waals surface area contributed by atoms with E-state index in [0.717, 1.165) is 17.1 Å². The van der Waals surface area contributed by atoms with Gasteiger partial charge in [-0.1, -0.05) is 22.0 Å². The van der Waals surface area contributed by atoms with Crippen LogP contribution in [0.3, 0.4) is 0 Å². The number of nitrogens with zero attached hydrogens (tertiary/aromatic N) is 2. The number of aromatic nitrogens is 1. The van der Waals surface area contributed by atoms with Crippen LogP contribution in [0.5, 0.6) is 5.75 Å². The highest BCUT2D eigenvalue weighted by atomic mass is 79.9. The van der Waals surface area contributed by atoms with E-state index in [4.69, 9.17) is 21.4 Å². The molecular weight excluding hydrogens is 529 g/mol. The van der Waals surface area contributed by atoms with Crippen molar-refractivity contribution in [3.63, 3.8) is 0 Å². The second-order valence-corrected chi connectivity index (χ2v) is 9.79. The van der Waals surface area contributed by atoms with E-state index in [1.165, 1.54) is 6.07 Å². The molecule has 35 heavy (non-hydrogen) atoms. The van der Waals surface area contributed by atoms with Gasteiger partial charge in [-0.05, 0) is 92.8 Å². The number of hydrogen-bond donors (Lipinski definition) is 1. The summed E-state index contributed by atoms with van der Waals surface area (Å²) in [5, 5.41) is 3.96. The largest absolute Gasteiger partial charge is 0.491 e. The zero-order valence-corrected chi connectivity index (χ0v) is 21.5. The molecule has 3 heterocycles. The maximum atomic E-state index is 14.6. The first-order valence-electron chi connectivity index (χ1n) is 11.2. The third-order valence-electron chi connectivity index (χ3n) is 5.70. The Morgan fingerprint density at radius 1 is 1.09 bits per heavy atom. The Morgan fingerprint density at radius 3 is 2.57 bits per heavy atom. The molecule has 0 radical (unpaired) electrons. The topological polar surface area (TPSA) is 50.5 Å². The molecule has 1 fully saturated rings. The van der Waals surface area contributed by atoms with Gasteiger partial charge in [0.15, 0.2) is 5.11 Å². The van der Waals surface area contributed by atoms with E-state index in [9.17, 15) is 4.39 Å². The number of rotatable bonds is 6. The first kappa shape index (κ1) is 23.5. The molecule has 2 atom stereocenters. The van der Waals surface area contributed by atoms with Crippen molar-refractivity contribution in [2.45, 2.75) is 32.0 Å². The van der Waals surface area contributed by atoms with Crippen LogP contribution in [0.1, 0.15) is 37.4 Å². The lowest BCUT2D eigenvalue weighted by molar-refractivity contribution is 0.242. The normalized spacial score (nSPS) is 17.6. The van der Waals surface area contributed by atoms with Crippen molar-refractivity contribution in [3.8, 4) is 17.1 Å². The molecule has 2 aromatic heterocycles. The molecule has 1 saturated heterocycles. The molecule has 1 N–H and O–H groups in total. The molecule has 5 rings (SSSR count). The number of anilines is 1. The fourth-order valence-corrected chi connectivity index (χ4v) is 4.90. The lowest BCUT2D eigenvalue weighted by Crippen LogP contribution is -2.29. The van der Waals surface area contributed by atoms with Crippen LogP contribution in [-0.4, -0.2) is 16.2 Å². The number of nitrogens with one attached hydrogen (secondary N) is 1. The van der Waals surface area contributed by atoms with Crippen LogP contribution in [0.4, 0.5) is 10.1 Å². The van der Waals surface area contributed by atoms with E-state index in [0.29, 0.717) is 26.7 Å². The summed E-state index contributed by atoms with van der Waals surface area (Å²) in [6, 6.07) is 21.5. The third kappa shape index (κ3) is 4.81. The van der Waals surface area contributed by atoms with Crippen molar-refractivity contribution in [2.24, 2.45) is 0 Å². The summed E-state index contributed by atoms with van der Waals surface area (Å²) in [6.45, 7) is 3.98. The molecule has 1 aliphatic rings. The zero-order chi connectivity index (χ0) is 24.5. The van der Waals surface area contributed by atoms with Gasteiger partial charge in [0.25, 0.3) is 0 Å². The maximum Gasteiger partial charge on any atom is 0.174 e. The van der Waals surface area contributed by atoms with Crippen LogP contribution in [0.15, 0.2) is 87.9 Å². The number of halogens is 2. The Morgan fingerprint density at radius 2 is 1.89 bits per heavy atom. The molecule has 0 unspecified atom stereocenters. The lowest BCUT2D eigenvalue weighted by atomic mass is 10.0. The van der Waals surface area contributed by atoms with Gasteiger partial charge in [0, 0.05) is 16.4 Å². The van der Waals surface area contributed by atoms with E-state index in [-0.39, 0.29) is 24.0 Å². The molecular formula is C27H23BrFN3O2S. The van der Waals surface area contributed by atoms with Gasteiger partial charge in [0.2, 0.25) is 0 Å². The molecule has 8 heteroatoms. The van der Waals surface area contributed by atoms with Crippen LogP contribution in [-0.2, 0) is 0 Å². The molecule has 2 aromatic carbocycles. The highest BCUT2D eigenvalue weighted by molar-refractivity contribution is 9.10. The summed E-state index contributed by atoms with van der Waals surface area (Å²) in [5.74, 6) is 1.51. The van der Waals surface area contributed by atoms with Crippen LogP contribution < -0.4 is 15.0 Å². The van der Waals surface area contributed by atoms with Crippen molar-refractivity contribution in [1.29, 1.82) is 0 Å². The van der Waals surface area contributed by atoms with Gasteiger partial charge in [0.1, 0.15) is 29.1 Å². The van der Waals surface area contributed by atoms with Gasteiger partial charge >= 0.3 is 0 Å². The minimum absolute atomic E-state index is 0.0807. The standard InChI is InChI=1S/C27H23BrFN3O2S/c1-16(2)33-19-9-7-18(8-10-19)32-26(25(31-27(32)35)22-5-3-4-14-30-22)24-13-12-23(34-24)20-11-6-17(28)15-21(20)29/h3-16,25-26H,1-2H3,(H,31,35)/t25-,26+/m1/s1. The summed E-state index contributed by atoms with van der Waals surface area (Å²) in [6.07, 6.45) is 1.83. The minimum atomic E-state index is -0.362. The van der Waals surface area contributed by atoms with E-state index >= 15 is 0 Å². The third-order valence-corrected chi connectivity index (χ3v) is 6.51. The van der Waals surface area contributed by atoms with Crippen LogP contribution in [0, 0.1) is 5.82 Å². The van der Waals surface area contributed by atoms with Crippen molar-refractivity contribution in [1.82, 2.24) is 10.3 Å². The summed E-state index contributed by atoms with van der Waals surface area (Å²) >= 11 is 9.07. The van der Waals surface area contributed by atoms with Crippen molar-refractivity contribution in [2.75, 3.05) is 4.90 Å². The number of furan rings is 1. The number of pyridine rings is 1. The summed E-state index contributed by atoms with van der Waals surface area (Å²) < 4.78 is 27.4. The summed E-state index contributed by atoms with van der Waals surface area (Å²) in [5.41, 5.74) is 2.11. The van der Waals surface area contributed by atoms with Crippen LogP contribution in [0.25, 0.3) is 11.3 Å². The van der Waals surface area contributed by atoms with Gasteiger partial charge in [0.05, 0.1) is 23.4 Å². The maximum absolute atomic E-state index is 14.6. The van der Waals surface area contributed by atoms with E-state index in [1.807, 2.05) is 67.3 Å². The first-order valence-corrected chi connectivity index (χ1v) is 12.4. The number of ether oxygens (including phenoxy) is 1. The second-order valence-electron chi connectivity index (χ2n) is 8.48. The molecule has 4 aromatic rings. The molecule has 0 bridgehead atoms. The second kappa shape index (κ2) is 9.79. The van der Waals surface area contributed by atoms with Gasteiger partial charge in [-0.15, -0.1) is 0 Å². The Balaban J connectivity index is 1.56. The Kier molecular flexibility index (Phi) is 6.58. The number of thiocarbonyl (C=S) groups is 1. The van der Waals surface area contributed by atoms with Gasteiger partial charge < -0.3 is 19.4 Å². The molecule has 1 aliphatic heterocycles. The van der Waals surface area contributed by atoms with Crippen molar-refractivity contribution < 1.29 is 13.5 Å². The lowest BCUT2D eigenvalue weighted by Gasteiger charge is -2.26. The average Bonchev–Trinajstić information content (AvgIpc) is 3.44. The molecule has 0 saturated carbocycles. The molecule has 0 spiro atoms. The molecule has 0 amide bonds. The Bertz CT molecular complexity index is 1340. The fourth-order valence-electron chi connectivity index (χ4n) is 4.23. The van der Waals surface area contributed by atoms with Crippen LogP contribution >= 0.6 is 28.1 Å². The fraction of sp³-hybridized carbons (Fsp3) is 0.185.